The topological polar surface area (TPSA) is 89.3 Å². The third-order valence-corrected chi connectivity index (χ3v) is 5.54. The molecular formula is C12H11ClN2O4S2. The lowest BCUT2D eigenvalue weighted by atomic mass is 10.3. The molecule has 0 spiro atoms. The van der Waals surface area contributed by atoms with Crippen LogP contribution in [0, 0.1) is 10.1 Å². The van der Waals surface area contributed by atoms with Crippen molar-refractivity contribution in [3.63, 3.8) is 0 Å². The maximum absolute atomic E-state index is 12.1. The Bertz CT molecular complexity index is 745. The fraction of sp³-hybridized carbons (Fsp3) is 0.167. The molecular weight excluding hydrogens is 336 g/mol. The molecule has 0 unspecified atom stereocenters. The van der Waals surface area contributed by atoms with Crippen molar-refractivity contribution in [1.29, 1.82) is 0 Å². The highest BCUT2D eigenvalue weighted by Crippen LogP contribution is 2.26. The van der Waals surface area contributed by atoms with Crippen LogP contribution in [0.1, 0.15) is 4.88 Å². The zero-order valence-electron chi connectivity index (χ0n) is 10.7. The second-order valence-electron chi connectivity index (χ2n) is 4.10. The van der Waals surface area contributed by atoms with Crippen LogP contribution < -0.4 is 4.72 Å². The number of sulfonamides is 1. The molecule has 6 nitrogen and oxygen atoms in total. The summed E-state index contributed by atoms with van der Waals surface area (Å²) in [6, 6.07) is 7.10. The van der Waals surface area contributed by atoms with Gasteiger partial charge in [0.05, 0.1) is 9.95 Å². The number of hydrogen-bond acceptors (Lipinski definition) is 5. The van der Waals surface area contributed by atoms with Gasteiger partial charge in [-0.2, -0.15) is 0 Å². The van der Waals surface area contributed by atoms with Crippen molar-refractivity contribution in [3.8, 4) is 0 Å². The van der Waals surface area contributed by atoms with Gasteiger partial charge in [0.25, 0.3) is 5.69 Å². The molecule has 0 saturated carbocycles. The van der Waals surface area contributed by atoms with Gasteiger partial charge in [0.1, 0.15) is 4.90 Å². The number of rotatable bonds is 6. The lowest BCUT2D eigenvalue weighted by molar-refractivity contribution is -0.385. The highest BCUT2D eigenvalue weighted by molar-refractivity contribution is 7.89. The molecule has 0 aliphatic heterocycles. The predicted octanol–water partition coefficient (Wildman–Crippen LogP) is 2.83. The summed E-state index contributed by atoms with van der Waals surface area (Å²) in [6.45, 7) is 0.196. The minimum absolute atomic E-state index is 0.0516. The Morgan fingerprint density at radius 2 is 2.10 bits per heavy atom. The Kier molecular flexibility index (Phi) is 4.94. The molecule has 0 amide bonds. The van der Waals surface area contributed by atoms with Crippen LogP contribution in [0.2, 0.25) is 5.02 Å². The van der Waals surface area contributed by atoms with Gasteiger partial charge in [0, 0.05) is 23.6 Å². The molecule has 0 radical (unpaired) electrons. The summed E-state index contributed by atoms with van der Waals surface area (Å²) in [7, 11) is -3.88. The van der Waals surface area contributed by atoms with Crippen LogP contribution in [0.25, 0.3) is 0 Å². The van der Waals surface area contributed by atoms with Crippen LogP contribution in [-0.2, 0) is 16.4 Å². The number of nitro benzene ring substituents is 1. The first kappa shape index (κ1) is 15.9. The fourth-order valence-electron chi connectivity index (χ4n) is 1.65. The highest BCUT2D eigenvalue weighted by atomic mass is 35.5. The molecule has 21 heavy (non-hydrogen) atoms. The van der Waals surface area contributed by atoms with E-state index in [4.69, 9.17) is 11.6 Å². The lowest BCUT2D eigenvalue weighted by Gasteiger charge is -2.07. The third kappa shape index (κ3) is 4.01. The van der Waals surface area contributed by atoms with Crippen LogP contribution in [-0.4, -0.2) is 19.9 Å². The molecule has 0 atom stereocenters. The van der Waals surface area contributed by atoms with Gasteiger partial charge in [-0.15, -0.1) is 11.3 Å². The molecule has 112 valence electrons. The summed E-state index contributed by atoms with van der Waals surface area (Å²) >= 11 is 7.35. The fourth-order valence-corrected chi connectivity index (χ4v) is 3.91. The van der Waals surface area contributed by atoms with Gasteiger partial charge in [-0.05, 0) is 23.9 Å². The van der Waals surface area contributed by atoms with E-state index in [2.05, 4.69) is 4.72 Å². The molecule has 0 aliphatic carbocycles. The Morgan fingerprint density at radius 3 is 2.71 bits per heavy atom. The van der Waals surface area contributed by atoms with Crippen molar-refractivity contribution in [2.45, 2.75) is 11.3 Å². The molecule has 2 rings (SSSR count). The average molecular weight is 347 g/mol. The van der Waals surface area contributed by atoms with E-state index >= 15 is 0 Å². The van der Waals surface area contributed by atoms with Crippen LogP contribution >= 0.6 is 22.9 Å². The molecule has 0 fully saturated rings. The number of nitrogens with zero attached hydrogens (tertiary/aromatic N) is 1. The molecule has 0 bridgehead atoms. The van der Waals surface area contributed by atoms with E-state index in [0.29, 0.717) is 6.42 Å². The van der Waals surface area contributed by atoms with E-state index in [1.807, 2.05) is 17.5 Å². The molecule has 0 aliphatic rings. The van der Waals surface area contributed by atoms with E-state index in [1.54, 1.807) is 0 Å². The van der Waals surface area contributed by atoms with Crippen molar-refractivity contribution >= 4 is 38.6 Å². The van der Waals surface area contributed by atoms with E-state index in [1.165, 1.54) is 17.4 Å². The first-order chi connectivity index (χ1) is 9.90. The number of thiophene rings is 1. The summed E-state index contributed by atoms with van der Waals surface area (Å²) < 4.78 is 26.7. The smallest absolute Gasteiger partial charge is 0.258 e. The van der Waals surface area contributed by atoms with Gasteiger partial charge in [-0.1, -0.05) is 17.7 Å². The number of nitro groups is 1. The van der Waals surface area contributed by atoms with Crippen LogP contribution in [0.5, 0.6) is 0 Å². The number of nitrogens with one attached hydrogen (secondary N) is 1. The predicted molar refractivity (Wildman–Crippen MR) is 81.3 cm³/mol. The van der Waals surface area contributed by atoms with Crippen LogP contribution in [0.4, 0.5) is 5.69 Å². The molecule has 0 saturated heterocycles. The van der Waals surface area contributed by atoms with E-state index in [9.17, 15) is 18.5 Å². The molecule has 1 aromatic heterocycles. The standard InChI is InChI=1S/C12H11ClN2O4S2/c13-11-4-3-9(15(16)17)8-12(11)21(18,19)14-6-5-10-2-1-7-20-10/h1-4,7-8,14H,5-6H2. The maximum atomic E-state index is 12.1. The van der Waals surface area contributed by atoms with E-state index in [0.717, 1.165) is 17.0 Å². The minimum atomic E-state index is -3.88. The molecule has 2 aromatic rings. The van der Waals surface area contributed by atoms with Crippen molar-refractivity contribution < 1.29 is 13.3 Å². The second kappa shape index (κ2) is 6.52. The Balaban J connectivity index is 2.15. The molecule has 1 aromatic carbocycles. The Hall–Kier alpha value is -1.48. The zero-order valence-corrected chi connectivity index (χ0v) is 13.0. The molecule has 1 N–H and O–H groups in total. The maximum Gasteiger partial charge on any atom is 0.270 e. The van der Waals surface area contributed by atoms with Gasteiger partial charge in [0.15, 0.2) is 0 Å². The largest absolute Gasteiger partial charge is 0.270 e. The highest BCUT2D eigenvalue weighted by Gasteiger charge is 2.21. The lowest BCUT2D eigenvalue weighted by Crippen LogP contribution is -2.26. The third-order valence-electron chi connectivity index (χ3n) is 2.66. The monoisotopic (exact) mass is 346 g/mol. The first-order valence-corrected chi connectivity index (χ1v) is 8.60. The van der Waals surface area contributed by atoms with Gasteiger partial charge in [-0.25, -0.2) is 13.1 Å². The van der Waals surface area contributed by atoms with E-state index in [-0.39, 0.29) is 22.2 Å². The Morgan fingerprint density at radius 1 is 1.33 bits per heavy atom. The van der Waals surface area contributed by atoms with E-state index < -0.39 is 14.9 Å². The minimum Gasteiger partial charge on any atom is -0.258 e. The first-order valence-electron chi connectivity index (χ1n) is 5.86. The Labute approximate surface area is 130 Å². The summed E-state index contributed by atoms with van der Waals surface area (Å²) in [4.78, 5) is 10.8. The van der Waals surface area contributed by atoms with Crippen LogP contribution in [0.3, 0.4) is 0 Å². The quantitative estimate of drug-likeness (QED) is 0.643. The number of benzene rings is 1. The van der Waals surface area contributed by atoms with Crippen molar-refractivity contribution in [3.05, 3.63) is 55.7 Å². The van der Waals surface area contributed by atoms with Crippen LogP contribution in [0.15, 0.2) is 40.6 Å². The summed E-state index contributed by atoms with van der Waals surface area (Å²) in [5.74, 6) is 0. The summed E-state index contributed by atoms with van der Waals surface area (Å²) in [5, 5.41) is 12.6. The number of non-ortho nitro benzene ring substituents is 1. The van der Waals surface area contributed by atoms with Crippen molar-refractivity contribution in [2.24, 2.45) is 0 Å². The van der Waals surface area contributed by atoms with Gasteiger partial charge in [0.2, 0.25) is 10.0 Å². The van der Waals surface area contributed by atoms with Gasteiger partial charge >= 0.3 is 0 Å². The van der Waals surface area contributed by atoms with Crippen molar-refractivity contribution in [1.82, 2.24) is 4.72 Å². The normalized spacial score (nSPS) is 11.5. The number of hydrogen-bond donors (Lipinski definition) is 1. The molecule has 1 heterocycles. The number of halogens is 1. The summed E-state index contributed by atoms with van der Waals surface area (Å²) in [5.41, 5.74) is -0.321. The van der Waals surface area contributed by atoms with Gasteiger partial charge in [-0.3, -0.25) is 10.1 Å². The zero-order chi connectivity index (χ0) is 15.5. The van der Waals surface area contributed by atoms with Gasteiger partial charge < -0.3 is 0 Å². The molecule has 9 heteroatoms. The second-order valence-corrected chi connectivity index (χ2v) is 7.27. The SMILES string of the molecule is O=[N+]([O-])c1ccc(Cl)c(S(=O)(=O)NCCc2cccs2)c1. The van der Waals surface area contributed by atoms with Crippen molar-refractivity contribution in [2.75, 3.05) is 6.54 Å². The summed E-state index contributed by atoms with van der Waals surface area (Å²) in [6.07, 6.45) is 0.545. The average Bonchev–Trinajstić information content (AvgIpc) is 2.91.